The molecule has 0 saturated heterocycles. The second-order valence-electron chi connectivity index (χ2n) is 1.88. The van der Waals surface area contributed by atoms with Crippen LogP contribution in [0.2, 0.25) is 0 Å². The summed E-state index contributed by atoms with van der Waals surface area (Å²) in [6.07, 6.45) is 0. The first-order valence-corrected chi connectivity index (χ1v) is 5.07. The Kier molecular flexibility index (Phi) is 1.44. The van der Waals surface area contributed by atoms with Crippen molar-refractivity contribution in [2.45, 2.75) is 10.6 Å². The summed E-state index contributed by atoms with van der Waals surface area (Å²) in [5.41, 5.74) is 1.44. The molecule has 0 fully saturated rings. The molecule has 1 heterocycles. The van der Waals surface area contributed by atoms with Crippen molar-refractivity contribution in [2.75, 3.05) is 0 Å². The van der Waals surface area contributed by atoms with Crippen LogP contribution in [0.15, 0.2) is 23.1 Å². The van der Waals surface area contributed by atoms with Crippen LogP contribution in [-0.4, -0.2) is 0 Å². The van der Waals surface area contributed by atoms with Crippen LogP contribution in [0.3, 0.4) is 0 Å². The van der Waals surface area contributed by atoms with E-state index in [0.717, 1.165) is 5.75 Å². The number of benzene rings is 1. The van der Waals surface area contributed by atoms with Crippen molar-refractivity contribution in [3.63, 3.8) is 0 Å². The quantitative estimate of drug-likeness (QED) is 0.526. The molecule has 2 rings (SSSR count). The van der Waals surface area contributed by atoms with Crippen LogP contribution in [-0.2, 0) is 5.75 Å². The van der Waals surface area contributed by atoms with E-state index in [0.29, 0.717) is 0 Å². The molecule has 0 N–H and O–H groups in total. The van der Waals surface area contributed by atoms with Gasteiger partial charge >= 0.3 is 0 Å². The first-order valence-electron chi connectivity index (χ1n) is 2.75. The average molecular weight is 153 g/mol. The molecule has 1 aliphatic heterocycles. The summed E-state index contributed by atoms with van der Waals surface area (Å²) in [5.74, 6) is 1.15. The molecule has 2 heteroatoms. The van der Waals surface area contributed by atoms with E-state index in [1.54, 1.807) is 0 Å². The highest BCUT2D eigenvalue weighted by Crippen LogP contribution is 2.43. The minimum absolute atomic E-state index is 1.15. The largest absolute Gasteiger partial charge is 0.0841 e. The average Bonchev–Trinajstić information content (AvgIpc) is 2.33. The molecule has 0 aromatic heterocycles. The molecule has 0 bridgehead atoms. The molecule has 0 nitrogen and oxygen atoms in total. The molecule has 1 aromatic rings. The maximum absolute atomic E-state index is 3.07. The molecule has 45 valence electrons. The maximum atomic E-state index is 3.07. The summed E-state index contributed by atoms with van der Waals surface area (Å²) in [4.78, 5) is 1.42. The molecule has 0 amide bonds. The van der Waals surface area contributed by atoms with Gasteiger partial charge in [0.05, 0.1) is 0 Å². The molecule has 1 aromatic carbocycles. The van der Waals surface area contributed by atoms with E-state index < -0.39 is 0 Å². The summed E-state index contributed by atoms with van der Waals surface area (Å²) in [7, 11) is 3.76. The highest BCUT2D eigenvalue weighted by atomic mass is 33.1. The Morgan fingerprint density at radius 3 is 3.44 bits per heavy atom. The Bertz CT molecular complexity index is 197. The summed E-state index contributed by atoms with van der Waals surface area (Å²) in [6.45, 7) is 0. The summed E-state index contributed by atoms with van der Waals surface area (Å²) >= 11 is 0. The van der Waals surface area contributed by atoms with Crippen LogP contribution >= 0.6 is 21.6 Å². The van der Waals surface area contributed by atoms with Crippen LogP contribution < -0.4 is 0 Å². The lowest BCUT2D eigenvalue weighted by atomic mass is 10.2. The first kappa shape index (κ1) is 5.69. The Morgan fingerprint density at radius 1 is 1.56 bits per heavy atom. The van der Waals surface area contributed by atoms with Crippen LogP contribution in [0, 0.1) is 6.07 Å². The lowest BCUT2D eigenvalue weighted by molar-refractivity contribution is 1.29. The molecular weight excluding hydrogens is 148 g/mol. The predicted molar refractivity (Wildman–Crippen MR) is 42.4 cm³/mol. The smallest absolute Gasteiger partial charge is 0.0303 e. The van der Waals surface area contributed by atoms with Crippen LogP contribution in [0.5, 0.6) is 0 Å². The van der Waals surface area contributed by atoms with Crippen LogP contribution in [0.25, 0.3) is 0 Å². The fraction of sp³-hybridized carbons (Fsp3) is 0.143. The lowest BCUT2D eigenvalue weighted by Crippen LogP contribution is -1.73. The SMILES string of the molecule is [c]1ccc2c(c1)CSS2. The van der Waals surface area contributed by atoms with Crippen LogP contribution in [0.1, 0.15) is 5.56 Å². The van der Waals surface area contributed by atoms with E-state index in [1.165, 1.54) is 10.5 Å². The Morgan fingerprint density at radius 2 is 2.56 bits per heavy atom. The highest BCUT2D eigenvalue weighted by molar-refractivity contribution is 8.76. The molecule has 0 aliphatic carbocycles. The van der Waals surface area contributed by atoms with E-state index >= 15 is 0 Å². The normalized spacial score (nSPS) is 15.6. The Balaban J connectivity index is 2.54. The Hall–Kier alpha value is -0.0800. The van der Waals surface area contributed by atoms with Gasteiger partial charge in [0, 0.05) is 10.6 Å². The number of hydrogen-bond donors (Lipinski definition) is 0. The number of rotatable bonds is 0. The monoisotopic (exact) mass is 153 g/mol. The summed E-state index contributed by atoms with van der Waals surface area (Å²) in [5, 5.41) is 0. The van der Waals surface area contributed by atoms with Crippen molar-refractivity contribution < 1.29 is 0 Å². The zero-order valence-corrected chi connectivity index (χ0v) is 6.39. The van der Waals surface area contributed by atoms with Gasteiger partial charge in [-0.1, -0.05) is 27.7 Å². The summed E-state index contributed by atoms with van der Waals surface area (Å²) < 4.78 is 0. The zero-order chi connectivity index (χ0) is 6.10. The van der Waals surface area contributed by atoms with Gasteiger partial charge in [0.15, 0.2) is 0 Å². The van der Waals surface area contributed by atoms with E-state index in [4.69, 9.17) is 0 Å². The van der Waals surface area contributed by atoms with Gasteiger partial charge in [-0.15, -0.1) is 0 Å². The second-order valence-corrected chi connectivity index (χ2v) is 4.22. The van der Waals surface area contributed by atoms with Gasteiger partial charge in [-0.25, -0.2) is 0 Å². The predicted octanol–water partition coefficient (Wildman–Crippen LogP) is 2.74. The van der Waals surface area contributed by atoms with Gasteiger partial charge < -0.3 is 0 Å². The van der Waals surface area contributed by atoms with Crippen molar-refractivity contribution in [1.29, 1.82) is 0 Å². The minimum atomic E-state index is 1.15. The molecule has 0 unspecified atom stereocenters. The van der Waals surface area contributed by atoms with Crippen molar-refractivity contribution in [3.8, 4) is 0 Å². The topological polar surface area (TPSA) is 0 Å². The van der Waals surface area contributed by atoms with Crippen molar-refractivity contribution >= 4 is 21.6 Å². The molecule has 1 radical (unpaired) electrons. The molecular formula is C7H5S2. The van der Waals surface area contributed by atoms with Gasteiger partial charge in [-0.05, 0) is 23.8 Å². The van der Waals surface area contributed by atoms with Gasteiger partial charge in [-0.2, -0.15) is 0 Å². The second kappa shape index (κ2) is 2.27. The van der Waals surface area contributed by atoms with Crippen LogP contribution in [0.4, 0.5) is 0 Å². The summed E-state index contributed by atoms with van der Waals surface area (Å²) in [6, 6.07) is 9.23. The third-order valence-corrected chi connectivity index (χ3v) is 3.64. The number of hydrogen-bond acceptors (Lipinski definition) is 2. The van der Waals surface area contributed by atoms with Gasteiger partial charge in [-0.3, -0.25) is 0 Å². The fourth-order valence-electron chi connectivity index (χ4n) is 0.801. The van der Waals surface area contributed by atoms with Crippen molar-refractivity contribution in [1.82, 2.24) is 0 Å². The first-order chi connectivity index (χ1) is 4.47. The van der Waals surface area contributed by atoms with E-state index in [9.17, 15) is 0 Å². The minimum Gasteiger partial charge on any atom is -0.0841 e. The fourth-order valence-corrected chi connectivity index (χ4v) is 3.23. The van der Waals surface area contributed by atoms with Gasteiger partial charge in [0.2, 0.25) is 0 Å². The highest BCUT2D eigenvalue weighted by Gasteiger charge is 2.09. The molecule has 0 atom stereocenters. The number of fused-ring (bicyclic) bond motifs is 1. The lowest BCUT2D eigenvalue weighted by Gasteiger charge is -1.90. The molecule has 9 heavy (non-hydrogen) atoms. The van der Waals surface area contributed by atoms with Crippen molar-refractivity contribution in [3.05, 3.63) is 29.8 Å². The molecule has 1 aliphatic rings. The maximum Gasteiger partial charge on any atom is 0.0303 e. The van der Waals surface area contributed by atoms with E-state index in [1.807, 2.05) is 27.7 Å². The van der Waals surface area contributed by atoms with E-state index in [-0.39, 0.29) is 0 Å². The third-order valence-electron chi connectivity index (χ3n) is 1.27. The van der Waals surface area contributed by atoms with Gasteiger partial charge in [0.25, 0.3) is 0 Å². The van der Waals surface area contributed by atoms with Gasteiger partial charge in [0.1, 0.15) is 0 Å². The Labute approximate surface area is 62.4 Å². The third kappa shape index (κ3) is 0.970. The van der Waals surface area contributed by atoms with Crippen molar-refractivity contribution in [2.24, 2.45) is 0 Å². The molecule has 0 saturated carbocycles. The van der Waals surface area contributed by atoms with E-state index in [2.05, 4.69) is 18.2 Å². The molecule has 0 spiro atoms. The standard InChI is InChI=1S/C7H5S2/c1-2-4-7-6(3-1)5-8-9-7/h2-4H,5H2. The zero-order valence-electron chi connectivity index (χ0n) is 4.76.